The van der Waals surface area contributed by atoms with Crippen LogP contribution in [0.25, 0.3) is 0 Å². The van der Waals surface area contributed by atoms with Crippen molar-refractivity contribution < 1.29 is 4.74 Å². The molecule has 100 valence electrons. The van der Waals surface area contributed by atoms with E-state index in [1.807, 2.05) is 0 Å². The Bertz CT molecular complexity index is 230. The molecule has 3 heteroatoms. The molecule has 0 radical (unpaired) electrons. The molecular formula is C14H28N2O. The second-order valence-corrected chi connectivity index (χ2v) is 6.18. The molecule has 2 fully saturated rings. The van der Waals surface area contributed by atoms with Gasteiger partial charge in [0.2, 0.25) is 0 Å². The van der Waals surface area contributed by atoms with Gasteiger partial charge >= 0.3 is 0 Å². The minimum absolute atomic E-state index is 0.0967. The summed E-state index contributed by atoms with van der Waals surface area (Å²) in [7, 11) is 0. The SMILES string of the molecule is CCCC1(CNCC2(C)CCCO2)CCNC1. The zero-order valence-corrected chi connectivity index (χ0v) is 11.5. The van der Waals surface area contributed by atoms with Gasteiger partial charge in [-0.3, -0.25) is 0 Å². The molecular weight excluding hydrogens is 212 g/mol. The summed E-state index contributed by atoms with van der Waals surface area (Å²) in [5.74, 6) is 0. The Morgan fingerprint density at radius 2 is 2.18 bits per heavy atom. The fourth-order valence-corrected chi connectivity index (χ4v) is 3.35. The summed E-state index contributed by atoms with van der Waals surface area (Å²) in [5.41, 5.74) is 0.600. The second kappa shape index (κ2) is 5.68. The molecule has 3 nitrogen and oxygen atoms in total. The molecule has 0 amide bonds. The smallest absolute Gasteiger partial charge is 0.0779 e. The highest BCUT2D eigenvalue weighted by molar-refractivity contribution is 4.91. The average molecular weight is 240 g/mol. The molecule has 2 heterocycles. The van der Waals surface area contributed by atoms with Crippen LogP contribution in [0.2, 0.25) is 0 Å². The Kier molecular flexibility index (Phi) is 4.45. The van der Waals surface area contributed by atoms with Crippen molar-refractivity contribution in [2.75, 3.05) is 32.8 Å². The summed E-state index contributed by atoms with van der Waals surface area (Å²) in [4.78, 5) is 0. The zero-order chi connectivity index (χ0) is 12.2. The van der Waals surface area contributed by atoms with Crippen molar-refractivity contribution in [3.8, 4) is 0 Å². The lowest BCUT2D eigenvalue weighted by atomic mass is 9.82. The highest BCUT2D eigenvalue weighted by Crippen LogP contribution is 2.31. The molecule has 0 aliphatic carbocycles. The summed E-state index contributed by atoms with van der Waals surface area (Å²) < 4.78 is 5.82. The van der Waals surface area contributed by atoms with Gasteiger partial charge in [0, 0.05) is 26.2 Å². The van der Waals surface area contributed by atoms with E-state index >= 15 is 0 Å². The first kappa shape index (κ1) is 13.3. The van der Waals surface area contributed by atoms with Gasteiger partial charge in [-0.1, -0.05) is 13.3 Å². The van der Waals surface area contributed by atoms with Crippen LogP contribution in [0.15, 0.2) is 0 Å². The molecule has 2 rings (SSSR count). The molecule has 0 bridgehead atoms. The van der Waals surface area contributed by atoms with Gasteiger partial charge in [0.05, 0.1) is 5.60 Å². The standard InChI is InChI=1S/C14H28N2O/c1-3-5-14(7-8-15-11-14)12-16-10-13(2)6-4-9-17-13/h15-16H,3-12H2,1-2H3. The average Bonchev–Trinajstić information content (AvgIpc) is 2.90. The lowest BCUT2D eigenvalue weighted by Gasteiger charge is -2.31. The normalized spacial score (nSPS) is 37.8. The van der Waals surface area contributed by atoms with Crippen molar-refractivity contribution in [1.29, 1.82) is 0 Å². The zero-order valence-electron chi connectivity index (χ0n) is 11.5. The predicted molar refractivity (Wildman–Crippen MR) is 71.3 cm³/mol. The van der Waals surface area contributed by atoms with Gasteiger partial charge in [0.15, 0.2) is 0 Å². The van der Waals surface area contributed by atoms with Crippen molar-refractivity contribution in [3.63, 3.8) is 0 Å². The molecule has 0 saturated carbocycles. The second-order valence-electron chi connectivity index (χ2n) is 6.18. The molecule has 2 N–H and O–H groups in total. The highest BCUT2D eigenvalue weighted by atomic mass is 16.5. The lowest BCUT2D eigenvalue weighted by Crippen LogP contribution is -2.43. The van der Waals surface area contributed by atoms with E-state index < -0.39 is 0 Å². The first-order chi connectivity index (χ1) is 8.18. The number of hydrogen-bond acceptors (Lipinski definition) is 3. The first-order valence-corrected chi connectivity index (χ1v) is 7.24. The number of hydrogen-bond donors (Lipinski definition) is 2. The Hall–Kier alpha value is -0.120. The Morgan fingerprint density at radius 3 is 2.76 bits per heavy atom. The number of rotatable bonds is 6. The first-order valence-electron chi connectivity index (χ1n) is 7.24. The molecule has 0 aromatic carbocycles. The van der Waals surface area contributed by atoms with Crippen LogP contribution in [0.3, 0.4) is 0 Å². The summed E-state index contributed by atoms with van der Waals surface area (Å²) in [6, 6.07) is 0. The number of nitrogens with one attached hydrogen (secondary N) is 2. The van der Waals surface area contributed by atoms with Crippen molar-refractivity contribution in [2.45, 2.75) is 51.6 Å². The summed E-state index contributed by atoms with van der Waals surface area (Å²) in [6.07, 6.45) is 6.38. The maximum absolute atomic E-state index is 5.82. The van der Waals surface area contributed by atoms with E-state index in [0.717, 1.165) is 19.7 Å². The molecule has 0 aromatic rings. The van der Waals surface area contributed by atoms with E-state index in [1.54, 1.807) is 0 Å². The van der Waals surface area contributed by atoms with E-state index in [2.05, 4.69) is 24.5 Å². The Labute approximate surface area is 106 Å². The van der Waals surface area contributed by atoms with Gasteiger partial charge in [-0.15, -0.1) is 0 Å². The van der Waals surface area contributed by atoms with Gasteiger partial charge in [0.25, 0.3) is 0 Å². The van der Waals surface area contributed by atoms with Gasteiger partial charge < -0.3 is 15.4 Å². The van der Waals surface area contributed by atoms with Crippen LogP contribution in [0.4, 0.5) is 0 Å². The van der Waals surface area contributed by atoms with Crippen LogP contribution in [0.5, 0.6) is 0 Å². The Balaban J connectivity index is 1.75. The molecule has 2 aliphatic rings. The van der Waals surface area contributed by atoms with Gasteiger partial charge in [-0.05, 0) is 44.6 Å². The van der Waals surface area contributed by atoms with Crippen LogP contribution in [0, 0.1) is 5.41 Å². The van der Waals surface area contributed by atoms with Gasteiger partial charge in [-0.25, -0.2) is 0 Å². The van der Waals surface area contributed by atoms with E-state index in [4.69, 9.17) is 4.74 Å². The van der Waals surface area contributed by atoms with E-state index in [0.29, 0.717) is 5.41 Å². The predicted octanol–water partition coefficient (Wildman–Crippen LogP) is 1.92. The van der Waals surface area contributed by atoms with Crippen molar-refractivity contribution in [3.05, 3.63) is 0 Å². The van der Waals surface area contributed by atoms with E-state index in [9.17, 15) is 0 Å². The molecule has 17 heavy (non-hydrogen) atoms. The molecule has 0 spiro atoms. The quantitative estimate of drug-likeness (QED) is 0.744. The van der Waals surface area contributed by atoms with Crippen molar-refractivity contribution in [2.24, 2.45) is 5.41 Å². The number of ether oxygens (including phenoxy) is 1. The van der Waals surface area contributed by atoms with Crippen molar-refractivity contribution >= 4 is 0 Å². The van der Waals surface area contributed by atoms with Crippen LogP contribution in [0.1, 0.15) is 46.0 Å². The fourth-order valence-electron chi connectivity index (χ4n) is 3.35. The molecule has 2 saturated heterocycles. The van der Waals surface area contributed by atoms with Crippen LogP contribution in [-0.2, 0) is 4.74 Å². The fraction of sp³-hybridized carbons (Fsp3) is 1.00. The van der Waals surface area contributed by atoms with E-state index in [-0.39, 0.29) is 5.60 Å². The maximum Gasteiger partial charge on any atom is 0.0779 e. The topological polar surface area (TPSA) is 33.3 Å². The summed E-state index contributed by atoms with van der Waals surface area (Å²) in [5, 5.41) is 7.19. The lowest BCUT2D eigenvalue weighted by molar-refractivity contribution is 0.0188. The maximum atomic E-state index is 5.82. The van der Waals surface area contributed by atoms with Crippen LogP contribution in [-0.4, -0.2) is 38.4 Å². The van der Waals surface area contributed by atoms with Crippen LogP contribution >= 0.6 is 0 Å². The highest BCUT2D eigenvalue weighted by Gasteiger charge is 2.34. The Morgan fingerprint density at radius 1 is 1.29 bits per heavy atom. The largest absolute Gasteiger partial charge is 0.374 e. The molecule has 2 unspecified atom stereocenters. The van der Waals surface area contributed by atoms with Gasteiger partial charge in [-0.2, -0.15) is 0 Å². The van der Waals surface area contributed by atoms with Gasteiger partial charge in [0.1, 0.15) is 0 Å². The van der Waals surface area contributed by atoms with E-state index in [1.165, 1.54) is 45.2 Å². The molecule has 0 aromatic heterocycles. The third-order valence-corrected chi connectivity index (χ3v) is 4.41. The summed E-state index contributed by atoms with van der Waals surface area (Å²) >= 11 is 0. The van der Waals surface area contributed by atoms with Crippen molar-refractivity contribution in [1.82, 2.24) is 10.6 Å². The minimum Gasteiger partial charge on any atom is -0.374 e. The minimum atomic E-state index is 0.0967. The monoisotopic (exact) mass is 240 g/mol. The third-order valence-electron chi connectivity index (χ3n) is 4.41. The van der Waals surface area contributed by atoms with Crippen LogP contribution < -0.4 is 10.6 Å². The molecule has 2 aliphatic heterocycles. The molecule has 2 atom stereocenters. The summed E-state index contributed by atoms with van der Waals surface area (Å²) in [6.45, 7) is 10.0. The third kappa shape index (κ3) is 3.43.